The molecular formula is C10H19O2-. The first kappa shape index (κ1) is 11.5. The number of carbonyl (C=O) groups excluding carboxylic acids is 1. The molecule has 2 atom stereocenters. The van der Waals surface area contributed by atoms with Crippen molar-refractivity contribution in [1.82, 2.24) is 0 Å². The molecule has 0 saturated carbocycles. The molecule has 0 heterocycles. The number of carboxylic acid groups (broad SMARTS) is 1. The van der Waals surface area contributed by atoms with Gasteiger partial charge in [-0.3, -0.25) is 0 Å². The molecule has 0 fully saturated rings. The quantitative estimate of drug-likeness (QED) is 0.609. The predicted octanol–water partition coefficient (Wildman–Crippen LogP) is 1.59. The summed E-state index contributed by atoms with van der Waals surface area (Å²) < 4.78 is 0. The third kappa shape index (κ3) is 6.20. The van der Waals surface area contributed by atoms with E-state index in [9.17, 15) is 9.90 Å². The number of rotatable bonds is 6. The van der Waals surface area contributed by atoms with E-state index in [0.717, 1.165) is 12.8 Å². The summed E-state index contributed by atoms with van der Waals surface area (Å²) in [4.78, 5) is 10.1. The fraction of sp³-hybridized carbons (Fsp3) is 0.900. The van der Waals surface area contributed by atoms with Crippen molar-refractivity contribution in [2.75, 3.05) is 0 Å². The van der Waals surface area contributed by atoms with E-state index in [2.05, 4.69) is 20.8 Å². The van der Waals surface area contributed by atoms with Gasteiger partial charge in [-0.2, -0.15) is 0 Å². The number of carboxylic acids is 1. The van der Waals surface area contributed by atoms with Gasteiger partial charge in [0.25, 0.3) is 0 Å². The lowest BCUT2D eigenvalue weighted by Gasteiger charge is -2.15. The van der Waals surface area contributed by atoms with Crippen molar-refractivity contribution in [2.24, 2.45) is 11.8 Å². The lowest BCUT2D eigenvalue weighted by Crippen LogP contribution is -2.22. The molecule has 2 nitrogen and oxygen atoms in total. The molecule has 0 aliphatic heterocycles. The van der Waals surface area contributed by atoms with Crippen molar-refractivity contribution in [3.05, 3.63) is 0 Å². The van der Waals surface area contributed by atoms with Crippen LogP contribution in [0.25, 0.3) is 0 Å². The Balaban J connectivity index is 3.45. The first-order valence-electron chi connectivity index (χ1n) is 4.76. The molecule has 0 bridgehead atoms. The maximum atomic E-state index is 10.1. The van der Waals surface area contributed by atoms with Crippen molar-refractivity contribution < 1.29 is 9.90 Å². The SMILES string of the molecule is CCC(C)CC(C)CCC(=O)[O-]. The zero-order chi connectivity index (χ0) is 9.56. The van der Waals surface area contributed by atoms with Crippen LogP contribution in [0.4, 0.5) is 0 Å². The number of carbonyl (C=O) groups is 1. The summed E-state index contributed by atoms with van der Waals surface area (Å²) in [5.41, 5.74) is 0. The number of hydrogen-bond acceptors (Lipinski definition) is 2. The van der Waals surface area contributed by atoms with Gasteiger partial charge in [0.15, 0.2) is 0 Å². The van der Waals surface area contributed by atoms with Crippen LogP contribution in [0.15, 0.2) is 0 Å². The molecule has 2 heteroatoms. The summed E-state index contributed by atoms with van der Waals surface area (Å²) in [5, 5.41) is 10.1. The van der Waals surface area contributed by atoms with Crippen LogP contribution in [0.1, 0.15) is 46.5 Å². The predicted molar refractivity (Wildman–Crippen MR) is 47.5 cm³/mol. The van der Waals surface area contributed by atoms with Crippen LogP contribution in [0.2, 0.25) is 0 Å². The first-order valence-corrected chi connectivity index (χ1v) is 4.76. The fourth-order valence-corrected chi connectivity index (χ4v) is 1.34. The van der Waals surface area contributed by atoms with Gasteiger partial charge in [0.2, 0.25) is 0 Å². The first-order chi connectivity index (χ1) is 5.56. The van der Waals surface area contributed by atoms with Crippen LogP contribution in [-0.2, 0) is 4.79 Å². The Morgan fingerprint density at radius 2 is 1.92 bits per heavy atom. The molecule has 0 aromatic rings. The Labute approximate surface area is 75.0 Å². The highest BCUT2D eigenvalue weighted by Crippen LogP contribution is 2.18. The van der Waals surface area contributed by atoms with Crippen LogP contribution in [0, 0.1) is 11.8 Å². The Morgan fingerprint density at radius 3 is 2.33 bits per heavy atom. The molecule has 0 amide bonds. The van der Waals surface area contributed by atoms with Crippen LogP contribution < -0.4 is 5.11 Å². The van der Waals surface area contributed by atoms with Gasteiger partial charge < -0.3 is 9.90 Å². The second-order valence-corrected chi connectivity index (χ2v) is 3.76. The smallest absolute Gasteiger partial charge is 0.0414 e. The summed E-state index contributed by atoms with van der Waals surface area (Å²) in [7, 11) is 0. The van der Waals surface area contributed by atoms with E-state index >= 15 is 0 Å². The lowest BCUT2D eigenvalue weighted by atomic mass is 9.92. The molecule has 0 aromatic heterocycles. The summed E-state index contributed by atoms with van der Waals surface area (Å²) >= 11 is 0. The minimum atomic E-state index is -0.925. The molecule has 12 heavy (non-hydrogen) atoms. The molecule has 0 aliphatic carbocycles. The molecular weight excluding hydrogens is 152 g/mol. The molecule has 0 saturated heterocycles. The van der Waals surface area contributed by atoms with Crippen molar-refractivity contribution in [3.8, 4) is 0 Å². The van der Waals surface area contributed by atoms with E-state index in [-0.39, 0.29) is 6.42 Å². The zero-order valence-electron chi connectivity index (χ0n) is 8.30. The second-order valence-electron chi connectivity index (χ2n) is 3.76. The van der Waals surface area contributed by atoms with E-state index in [0.29, 0.717) is 11.8 Å². The van der Waals surface area contributed by atoms with Gasteiger partial charge in [0.05, 0.1) is 0 Å². The molecule has 0 rings (SSSR count). The van der Waals surface area contributed by atoms with Crippen LogP contribution in [0.3, 0.4) is 0 Å². The molecule has 0 aliphatic rings. The number of aliphatic carboxylic acids is 1. The largest absolute Gasteiger partial charge is 0.550 e. The summed E-state index contributed by atoms with van der Waals surface area (Å²) in [6.45, 7) is 6.47. The summed E-state index contributed by atoms with van der Waals surface area (Å²) in [6.07, 6.45) is 3.27. The minimum absolute atomic E-state index is 0.206. The summed E-state index contributed by atoms with van der Waals surface area (Å²) in [6, 6.07) is 0. The normalized spacial score (nSPS) is 15.6. The maximum absolute atomic E-state index is 10.1. The molecule has 72 valence electrons. The van der Waals surface area contributed by atoms with E-state index in [4.69, 9.17) is 0 Å². The van der Waals surface area contributed by atoms with Crippen LogP contribution >= 0.6 is 0 Å². The summed E-state index contributed by atoms with van der Waals surface area (Å²) in [5.74, 6) is 0.297. The Bertz CT molecular complexity index is 132. The van der Waals surface area contributed by atoms with Crippen molar-refractivity contribution >= 4 is 5.97 Å². The lowest BCUT2D eigenvalue weighted by molar-refractivity contribution is -0.306. The van der Waals surface area contributed by atoms with E-state index in [1.807, 2.05) is 0 Å². The molecule has 0 spiro atoms. The maximum Gasteiger partial charge on any atom is 0.0414 e. The molecule has 2 unspecified atom stereocenters. The molecule has 0 radical (unpaired) electrons. The fourth-order valence-electron chi connectivity index (χ4n) is 1.34. The highest BCUT2D eigenvalue weighted by atomic mass is 16.4. The van der Waals surface area contributed by atoms with Crippen LogP contribution in [0.5, 0.6) is 0 Å². The van der Waals surface area contributed by atoms with E-state index in [1.165, 1.54) is 6.42 Å². The highest BCUT2D eigenvalue weighted by molar-refractivity contribution is 5.64. The minimum Gasteiger partial charge on any atom is -0.550 e. The average Bonchev–Trinajstić information content (AvgIpc) is 2.00. The topological polar surface area (TPSA) is 40.1 Å². The van der Waals surface area contributed by atoms with Gasteiger partial charge >= 0.3 is 0 Å². The van der Waals surface area contributed by atoms with Crippen molar-refractivity contribution in [3.63, 3.8) is 0 Å². The highest BCUT2D eigenvalue weighted by Gasteiger charge is 2.06. The standard InChI is InChI=1S/C10H20O2/c1-4-8(2)7-9(3)5-6-10(11)12/h8-9H,4-7H2,1-3H3,(H,11,12)/p-1. The molecule has 0 N–H and O–H groups in total. The Morgan fingerprint density at radius 1 is 1.33 bits per heavy atom. The van der Waals surface area contributed by atoms with Crippen LogP contribution in [-0.4, -0.2) is 5.97 Å². The van der Waals surface area contributed by atoms with E-state index < -0.39 is 5.97 Å². The van der Waals surface area contributed by atoms with Crippen molar-refractivity contribution in [2.45, 2.75) is 46.5 Å². The monoisotopic (exact) mass is 171 g/mol. The van der Waals surface area contributed by atoms with Gasteiger partial charge in [-0.1, -0.05) is 27.2 Å². The Kier molecular flexibility index (Phi) is 5.77. The van der Waals surface area contributed by atoms with Crippen molar-refractivity contribution in [1.29, 1.82) is 0 Å². The van der Waals surface area contributed by atoms with Gasteiger partial charge in [-0.15, -0.1) is 0 Å². The average molecular weight is 171 g/mol. The zero-order valence-corrected chi connectivity index (χ0v) is 8.30. The van der Waals surface area contributed by atoms with Gasteiger partial charge in [0.1, 0.15) is 0 Å². The molecule has 0 aromatic carbocycles. The van der Waals surface area contributed by atoms with Gasteiger partial charge in [-0.25, -0.2) is 0 Å². The Hall–Kier alpha value is -0.530. The second kappa shape index (κ2) is 6.04. The van der Waals surface area contributed by atoms with Gasteiger partial charge in [-0.05, 0) is 31.1 Å². The van der Waals surface area contributed by atoms with Gasteiger partial charge in [0, 0.05) is 5.97 Å². The van der Waals surface area contributed by atoms with E-state index in [1.54, 1.807) is 0 Å². The third-order valence-electron chi connectivity index (χ3n) is 2.34. The third-order valence-corrected chi connectivity index (χ3v) is 2.34. The number of hydrogen-bond donors (Lipinski definition) is 0.